The average Bonchev–Trinajstić information content (AvgIpc) is 2.16. The monoisotopic (exact) mass is 192 g/mol. The molecule has 14 heavy (non-hydrogen) atoms. The van der Waals surface area contributed by atoms with E-state index in [1.807, 2.05) is 0 Å². The molecule has 2 aliphatic rings. The highest BCUT2D eigenvalue weighted by atomic mass is 16.4. The van der Waals surface area contributed by atoms with Gasteiger partial charge in [0.15, 0.2) is 5.78 Å². The summed E-state index contributed by atoms with van der Waals surface area (Å²) < 4.78 is 0. The third-order valence-corrected chi connectivity index (χ3v) is 2.04. The summed E-state index contributed by atoms with van der Waals surface area (Å²) in [5.41, 5.74) is 0. The number of fused-ring (bicyclic) bond motifs is 1. The van der Waals surface area contributed by atoms with Crippen LogP contribution < -0.4 is 0 Å². The predicted molar refractivity (Wildman–Crippen MR) is 48.9 cm³/mol. The molecule has 2 heterocycles. The number of rotatable bonds is 1. The number of carbonyl (C=O) groups is 2. The van der Waals surface area contributed by atoms with E-state index < -0.39 is 12.0 Å². The lowest BCUT2D eigenvalue weighted by Gasteiger charge is -2.27. The van der Waals surface area contributed by atoms with E-state index in [1.165, 1.54) is 0 Å². The number of ketones is 1. The van der Waals surface area contributed by atoms with Crippen molar-refractivity contribution in [3.8, 4) is 0 Å². The number of aliphatic imine (C=N–C) groups is 1. The van der Waals surface area contributed by atoms with Crippen molar-refractivity contribution in [2.24, 2.45) is 4.99 Å². The summed E-state index contributed by atoms with van der Waals surface area (Å²) in [6.45, 7) is 0.0800. The van der Waals surface area contributed by atoms with Gasteiger partial charge in [0.1, 0.15) is 5.84 Å². The number of carboxylic acids is 1. The first kappa shape index (κ1) is 8.68. The van der Waals surface area contributed by atoms with Gasteiger partial charge < -0.3 is 10.0 Å². The van der Waals surface area contributed by atoms with Gasteiger partial charge in [0.25, 0.3) is 0 Å². The van der Waals surface area contributed by atoms with Crippen LogP contribution in [0.5, 0.6) is 0 Å². The SMILES string of the molecule is O=C(O)C1N=C2C=CC=CN2CC1=O. The molecule has 1 N–H and O–H groups in total. The molecule has 0 amide bonds. The molecule has 2 rings (SSSR count). The molecule has 1 unspecified atom stereocenters. The molecule has 0 spiro atoms. The highest BCUT2D eigenvalue weighted by Gasteiger charge is 2.32. The number of carboxylic acid groups (broad SMARTS) is 1. The Balaban J connectivity index is 2.34. The van der Waals surface area contributed by atoms with Crippen LogP contribution in [-0.4, -0.2) is 40.2 Å². The standard InChI is InChI=1S/C9H8N2O3/c12-6-5-11-4-2-1-3-7(11)10-8(6)9(13)14/h1-4,8H,5H2,(H,13,14). The second kappa shape index (κ2) is 3.10. The van der Waals surface area contributed by atoms with Gasteiger partial charge in [-0.05, 0) is 12.2 Å². The molecular formula is C9H8N2O3. The zero-order valence-corrected chi connectivity index (χ0v) is 7.25. The molecule has 0 radical (unpaired) electrons. The summed E-state index contributed by atoms with van der Waals surface area (Å²) in [6.07, 6.45) is 6.91. The fourth-order valence-electron chi connectivity index (χ4n) is 1.37. The molecule has 0 aromatic rings. The fraction of sp³-hybridized carbons (Fsp3) is 0.222. The number of hydrogen-bond acceptors (Lipinski definition) is 4. The van der Waals surface area contributed by atoms with E-state index in [1.54, 1.807) is 29.3 Å². The van der Waals surface area contributed by atoms with Crippen LogP contribution in [0.3, 0.4) is 0 Å². The average molecular weight is 192 g/mol. The minimum absolute atomic E-state index is 0.0800. The predicted octanol–water partition coefficient (Wildman–Crippen LogP) is -0.194. The summed E-state index contributed by atoms with van der Waals surface area (Å²) in [7, 11) is 0. The summed E-state index contributed by atoms with van der Waals surface area (Å²) in [4.78, 5) is 27.4. The lowest BCUT2D eigenvalue weighted by atomic mass is 10.1. The van der Waals surface area contributed by atoms with Crippen LogP contribution in [0.15, 0.2) is 29.4 Å². The van der Waals surface area contributed by atoms with Gasteiger partial charge in [-0.2, -0.15) is 0 Å². The van der Waals surface area contributed by atoms with E-state index in [9.17, 15) is 9.59 Å². The Labute approximate surface area is 80.0 Å². The van der Waals surface area contributed by atoms with Gasteiger partial charge in [-0.1, -0.05) is 6.08 Å². The van der Waals surface area contributed by atoms with Crippen LogP contribution in [0, 0.1) is 0 Å². The Morgan fingerprint density at radius 3 is 3.07 bits per heavy atom. The van der Waals surface area contributed by atoms with E-state index in [0.717, 1.165) is 0 Å². The van der Waals surface area contributed by atoms with Crippen molar-refractivity contribution < 1.29 is 14.7 Å². The van der Waals surface area contributed by atoms with E-state index in [-0.39, 0.29) is 12.3 Å². The molecule has 1 atom stereocenters. The van der Waals surface area contributed by atoms with Crippen LogP contribution in [0.1, 0.15) is 0 Å². The van der Waals surface area contributed by atoms with Crippen molar-refractivity contribution in [2.75, 3.05) is 6.54 Å². The van der Waals surface area contributed by atoms with Crippen molar-refractivity contribution in [3.05, 3.63) is 24.4 Å². The first-order chi connectivity index (χ1) is 6.68. The Morgan fingerprint density at radius 1 is 1.57 bits per heavy atom. The summed E-state index contributed by atoms with van der Waals surface area (Å²) in [5.74, 6) is -1.05. The zero-order valence-electron chi connectivity index (χ0n) is 7.25. The number of hydrogen-bond donors (Lipinski definition) is 1. The van der Waals surface area contributed by atoms with Gasteiger partial charge in [-0.25, -0.2) is 9.79 Å². The van der Waals surface area contributed by atoms with E-state index in [0.29, 0.717) is 5.84 Å². The van der Waals surface area contributed by atoms with Crippen LogP contribution in [0.25, 0.3) is 0 Å². The third kappa shape index (κ3) is 1.32. The molecule has 72 valence electrons. The highest BCUT2D eigenvalue weighted by Crippen LogP contribution is 2.11. The number of aliphatic carboxylic acids is 1. The second-order valence-corrected chi connectivity index (χ2v) is 3.02. The number of carbonyl (C=O) groups excluding carboxylic acids is 1. The molecule has 0 saturated heterocycles. The van der Waals surface area contributed by atoms with Crippen LogP contribution in [-0.2, 0) is 9.59 Å². The van der Waals surface area contributed by atoms with E-state index >= 15 is 0 Å². The highest BCUT2D eigenvalue weighted by molar-refractivity contribution is 6.11. The first-order valence-electron chi connectivity index (χ1n) is 4.13. The van der Waals surface area contributed by atoms with Crippen LogP contribution >= 0.6 is 0 Å². The molecule has 5 heteroatoms. The Morgan fingerprint density at radius 2 is 2.36 bits per heavy atom. The summed E-state index contributed by atoms with van der Waals surface area (Å²) >= 11 is 0. The Kier molecular flexibility index (Phi) is 1.92. The van der Waals surface area contributed by atoms with Gasteiger partial charge in [-0.3, -0.25) is 4.79 Å². The van der Waals surface area contributed by atoms with Gasteiger partial charge >= 0.3 is 5.97 Å². The molecule has 0 saturated carbocycles. The second-order valence-electron chi connectivity index (χ2n) is 3.02. The van der Waals surface area contributed by atoms with E-state index in [2.05, 4.69) is 4.99 Å². The van der Waals surface area contributed by atoms with Gasteiger partial charge in [-0.15, -0.1) is 0 Å². The number of Topliss-reactive ketones (excluding diaryl/α,β-unsaturated/α-hetero) is 1. The maximum atomic E-state index is 11.3. The molecule has 0 aliphatic carbocycles. The Hall–Kier alpha value is -1.91. The number of allylic oxidation sites excluding steroid dienone is 2. The third-order valence-electron chi connectivity index (χ3n) is 2.04. The maximum absolute atomic E-state index is 11.3. The lowest BCUT2D eigenvalue weighted by molar-refractivity contribution is -0.142. The number of amidine groups is 1. The largest absolute Gasteiger partial charge is 0.479 e. The maximum Gasteiger partial charge on any atom is 0.336 e. The lowest BCUT2D eigenvalue weighted by Crippen LogP contribution is -2.45. The van der Waals surface area contributed by atoms with Crippen molar-refractivity contribution in [3.63, 3.8) is 0 Å². The van der Waals surface area contributed by atoms with Gasteiger partial charge in [0.05, 0.1) is 6.54 Å². The molecule has 0 aromatic carbocycles. The quantitative estimate of drug-likeness (QED) is 0.584. The normalized spacial score (nSPS) is 24.6. The minimum atomic E-state index is -1.24. The van der Waals surface area contributed by atoms with Crippen molar-refractivity contribution in [2.45, 2.75) is 6.04 Å². The number of nitrogens with zero attached hydrogens (tertiary/aromatic N) is 2. The summed E-state index contributed by atoms with van der Waals surface area (Å²) in [5, 5.41) is 8.71. The Bertz CT molecular complexity index is 382. The van der Waals surface area contributed by atoms with E-state index in [4.69, 9.17) is 5.11 Å². The minimum Gasteiger partial charge on any atom is -0.479 e. The van der Waals surface area contributed by atoms with Gasteiger partial charge in [0.2, 0.25) is 6.04 Å². The molecule has 0 fully saturated rings. The van der Waals surface area contributed by atoms with Crippen molar-refractivity contribution in [1.82, 2.24) is 4.90 Å². The topological polar surface area (TPSA) is 70.0 Å². The zero-order chi connectivity index (χ0) is 10.1. The van der Waals surface area contributed by atoms with Crippen LogP contribution in [0.2, 0.25) is 0 Å². The molecule has 0 bridgehead atoms. The smallest absolute Gasteiger partial charge is 0.336 e. The van der Waals surface area contributed by atoms with Crippen LogP contribution in [0.4, 0.5) is 0 Å². The molecule has 5 nitrogen and oxygen atoms in total. The molecule has 2 aliphatic heterocycles. The first-order valence-corrected chi connectivity index (χ1v) is 4.13. The molecule has 0 aromatic heterocycles. The molecular weight excluding hydrogens is 184 g/mol. The van der Waals surface area contributed by atoms with Gasteiger partial charge in [0, 0.05) is 6.20 Å². The summed E-state index contributed by atoms with van der Waals surface area (Å²) in [6, 6.07) is -1.24. The fourth-order valence-corrected chi connectivity index (χ4v) is 1.37. The van der Waals surface area contributed by atoms with Crippen molar-refractivity contribution >= 4 is 17.6 Å². The van der Waals surface area contributed by atoms with Crippen molar-refractivity contribution in [1.29, 1.82) is 0 Å².